The van der Waals surface area contributed by atoms with Crippen LogP contribution in [0.15, 0.2) is 24.3 Å². The van der Waals surface area contributed by atoms with E-state index in [1.54, 1.807) is 29.2 Å². The number of carboxylic acid groups (broad SMARTS) is 1. The van der Waals surface area contributed by atoms with Gasteiger partial charge in [0.05, 0.1) is 19.1 Å². The standard InChI is InChI=1S/C19H24N2O5/c22-17(13-4-6-14(7-5-13)19(24)25)20-16-3-1-2-15(12-16)18(23)21-8-10-26-11-9-21/h1-3,12-14H,4-11H2,(H,20,22)(H,24,25). The van der Waals surface area contributed by atoms with Gasteiger partial charge in [-0.3, -0.25) is 14.4 Å². The summed E-state index contributed by atoms with van der Waals surface area (Å²) in [7, 11) is 0. The van der Waals surface area contributed by atoms with E-state index in [4.69, 9.17) is 9.84 Å². The molecule has 1 aromatic carbocycles. The summed E-state index contributed by atoms with van der Waals surface area (Å²) in [6.07, 6.45) is 2.22. The van der Waals surface area contributed by atoms with Gasteiger partial charge in [0.1, 0.15) is 0 Å². The molecular formula is C19H24N2O5. The highest BCUT2D eigenvalue weighted by molar-refractivity contribution is 5.97. The van der Waals surface area contributed by atoms with Crippen LogP contribution >= 0.6 is 0 Å². The van der Waals surface area contributed by atoms with Crippen molar-refractivity contribution in [2.75, 3.05) is 31.6 Å². The Kier molecular flexibility index (Phi) is 5.88. The number of benzene rings is 1. The molecule has 7 heteroatoms. The minimum atomic E-state index is -0.779. The van der Waals surface area contributed by atoms with E-state index < -0.39 is 5.97 Å². The second-order valence-electron chi connectivity index (χ2n) is 6.86. The van der Waals surface area contributed by atoms with Crippen LogP contribution in [0.25, 0.3) is 0 Å². The first-order valence-electron chi connectivity index (χ1n) is 9.05. The second kappa shape index (κ2) is 8.31. The number of nitrogens with zero attached hydrogens (tertiary/aromatic N) is 1. The number of amides is 2. The largest absolute Gasteiger partial charge is 0.481 e. The fourth-order valence-electron chi connectivity index (χ4n) is 3.53. The molecule has 0 bridgehead atoms. The molecule has 0 aromatic heterocycles. The topological polar surface area (TPSA) is 95.9 Å². The van der Waals surface area contributed by atoms with Gasteiger partial charge in [-0.05, 0) is 43.9 Å². The van der Waals surface area contributed by atoms with Crippen molar-refractivity contribution in [1.82, 2.24) is 4.90 Å². The van der Waals surface area contributed by atoms with Crippen molar-refractivity contribution in [3.63, 3.8) is 0 Å². The van der Waals surface area contributed by atoms with Crippen LogP contribution in [0.4, 0.5) is 5.69 Å². The average Bonchev–Trinajstić information content (AvgIpc) is 2.68. The summed E-state index contributed by atoms with van der Waals surface area (Å²) >= 11 is 0. The van der Waals surface area contributed by atoms with Crippen LogP contribution in [0.1, 0.15) is 36.0 Å². The number of morpholine rings is 1. The van der Waals surface area contributed by atoms with Gasteiger partial charge in [0, 0.05) is 30.3 Å². The van der Waals surface area contributed by atoms with Gasteiger partial charge in [-0.15, -0.1) is 0 Å². The summed E-state index contributed by atoms with van der Waals surface area (Å²) < 4.78 is 5.26. The number of carbonyl (C=O) groups is 3. The third-order valence-corrected chi connectivity index (χ3v) is 5.12. The van der Waals surface area contributed by atoms with Crippen LogP contribution in [0.2, 0.25) is 0 Å². The van der Waals surface area contributed by atoms with Crippen LogP contribution in [0, 0.1) is 11.8 Å². The molecule has 2 aliphatic rings. The molecule has 2 fully saturated rings. The monoisotopic (exact) mass is 360 g/mol. The Morgan fingerprint density at radius 3 is 2.35 bits per heavy atom. The fourth-order valence-corrected chi connectivity index (χ4v) is 3.53. The van der Waals surface area contributed by atoms with E-state index in [-0.39, 0.29) is 23.7 Å². The fraction of sp³-hybridized carbons (Fsp3) is 0.526. The molecule has 2 N–H and O–H groups in total. The molecule has 0 radical (unpaired) electrons. The van der Waals surface area contributed by atoms with Crippen molar-refractivity contribution in [2.45, 2.75) is 25.7 Å². The number of nitrogens with one attached hydrogen (secondary N) is 1. The van der Waals surface area contributed by atoms with E-state index in [1.807, 2.05) is 0 Å². The smallest absolute Gasteiger partial charge is 0.306 e. The minimum absolute atomic E-state index is 0.0636. The highest BCUT2D eigenvalue weighted by Crippen LogP contribution is 2.30. The van der Waals surface area contributed by atoms with Gasteiger partial charge in [-0.1, -0.05) is 6.07 Å². The zero-order valence-electron chi connectivity index (χ0n) is 14.6. The highest BCUT2D eigenvalue weighted by atomic mass is 16.5. The van der Waals surface area contributed by atoms with Gasteiger partial charge in [-0.2, -0.15) is 0 Å². The number of rotatable bonds is 4. The number of aliphatic carboxylic acids is 1. The summed E-state index contributed by atoms with van der Waals surface area (Å²) in [5.41, 5.74) is 1.13. The molecule has 26 heavy (non-hydrogen) atoms. The molecule has 1 aromatic rings. The van der Waals surface area contributed by atoms with Crippen LogP contribution in [0.5, 0.6) is 0 Å². The quantitative estimate of drug-likeness (QED) is 0.856. The molecule has 140 valence electrons. The molecule has 7 nitrogen and oxygen atoms in total. The van der Waals surface area contributed by atoms with Crippen molar-refractivity contribution in [1.29, 1.82) is 0 Å². The molecule has 1 heterocycles. The average molecular weight is 360 g/mol. The maximum Gasteiger partial charge on any atom is 0.306 e. The molecule has 0 atom stereocenters. The number of carbonyl (C=O) groups excluding carboxylic acids is 2. The Morgan fingerprint density at radius 1 is 1.04 bits per heavy atom. The van der Waals surface area contributed by atoms with Gasteiger partial charge < -0.3 is 20.1 Å². The predicted molar refractivity (Wildman–Crippen MR) is 94.9 cm³/mol. The molecule has 0 spiro atoms. The van der Waals surface area contributed by atoms with E-state index in [2.05, 4.69) is 5.32 Å². The second-order valence-corrected chi connectivity index (χ2v) is 6.86. The van der Waals surface area contributed by atoms with Crippen molar-refractivity contribution in [2.24, 2.45) is 11.8 Å². The van der Waals surface area contributed by atoms with E-state index in [1.165, 1.54) is 0 Å². The Bertz CT molecular complexity index is 676. The Balaban J connectivity index is 1.59. The lowest BCUT2D eigenvalue weighted by atomic mass is 9.81. The normalized spacial score (nSPS) is 23.3. The van der Waals surface area contributed by atoms with E-state index in [9.17, 15) is 14.4 Å². The van der Waals surface area contributed by atoms with Crippen LogP contribution in [-0.4, -0.2) is 54.1 Å². The number of hydrogen-bond donors (Lipinski definition) is 2. The minimum Gasteiger partial charge on any atom is -0.481 e. The van der Waals surface area contributed by atoms with Gasteiger partial charge >= 0.3 is 5.97 Å². The Labute approximate surface area is 152 Å². The van der Waals surface area contributed by atoms with E-state index in [0.29, 0.717) is 63.2 Å². The molecule has 3 rings (SSSR count). The van der Waals surface area contributed by atoms with Crippen LogP contribution < -0.4 is 5.32 Å². The van der Waals surface area contributed by atoms with Gasteiger partial charge in [0.2, 0.25) is 5.91 Å². The molecular weight excluding hydrogens is 336 g/mol. The third-order valence-electron chi connectivity index (χ3n) is 5.12. The van der Waals surface area contributed by atoms with Crippen molar-refractivity contribution in [3.05, 3.63) is 29.8 Å². The summed E-state index contributed by atoms with van der Waals surface area (Å²) in [5.74, 6) is -1.47. The van der Waals surface area contributed by atoms with Gasteiger partial charge in [0.15, 0.2) is 0 Å². The van der Waals surface area contributed by atoms with Crippen molar-refractivity contribution >= 4 is 23.5 Å². The Morgan fingerprint density at radius 2 is 1.69 bits per heavy atom. The molecule has 1 aliphatic carbocycles. The van der Waals surface area contributed by atoms with Gasteiger partial charge in [-0.25, -0.2) is 0 Å². The third kappa shape index (κ3) is 4.40. The first-order valence-corrected chi connectivity index (χ1v) is 9.05. The first kappa shape index (κ1) is 18.4. The highest BCUT2D eigenvalue weighted by Gasteiger charge is 2.29. The van der Waals surface area contributed by atoms with Crippen molar-refractivity contribution < 1.29 is 24.2 Å². The van der Waals surface area contributed by atoms with E-state index >= 15 is 0 Å². The predicted octanol–water partition coefficient (Wildman–Crippen LogP) is 1.99. The maximum atomic E-state index is 12.5. The number of carboxylic acids is 1. The SMILES string of the molecule is O=C(O)C1CCC(C(=O)Nc2cccc(C(=O)N3CCOCC3)c2)CC1. The zero-order chi connectivity index (χ0) is 18.5. The lowest BCUT2D eigenvalue weighted by molar-refractivity contribution is -0.143. The lowest BCUT2D eigenvalue weighted by Crippen LogP contribution is -2.40. The molecule has 1 aliphatic heterocycles. The molecule has 0 unspecified atom stereocenters. The maximum absolute atomic E-state index is 12.5. The summed E-state index contributed by atoms with van der Waals surface area (Å²) in [4.78, 5) is 37.8. The zero-order valence-corrected chi connectivity index (χ0v) is 14.6. The number of hydrogen-bond acceptors (Lipinski definition) is 4. The van der Waals surface area contributed by atoms with Crippen LogP contribution in [-0.2, 0) is 14.3 Å². The summed E-state index contributed by atoms with van der Waals surface area (Å²) in [5, 5.41) is 11.9. The van der Waals surface area contributed by atoms with Crippen LogP contribution in [0.3, 0.4) is 0 Å². The summed E-state index contributed by atoms with van der Waals surface area (Å²) in [6, 6.07) is 6.95. The Hall–Kier alpha value is -2.41. The van der Waals surface area contributed by atoms with Gasteiger partial charge in [0.25, 0.3) is 5.91 Å². The molecule has 2 amide bonds. The van der Waals surface area contributed by atoms with Crippen molar-refractivity contribution in [3.8, 4) is 0 Å². The lowest BCUT2D eigenvalue weighted by Gasteiger charge is -2.27. The molecule has 1 saturated carbocycles. The number of ether oxygens (including phenoxy) is 1. The first-order chi connectivity index (χ1) is 12.5. The molecule has 1 saturated heterocycles. The summed E-state index contributed by atoms with van der Waals surface area (Å²) in [6.45, 7) is 2.23. The number of anilines is 1. The van der Waals surface area contributed by atoms with E-state index in [0.717, 1.165) is 0 Å².